The zero-order chi connectivity index (χ0) is 12.8. The minimum Gasteiger partial charge on any atom is -0.361 e. The van der Waals surface area contributed by atoms with Gasteiger partial charge in [0.25, 0.3) is 5.91 Å². The molecule has 1 aromatic heterocycles. The summed E-state index contributed by atoms with van der Waals surface area (Å²) < 4.78 is 0. The van der Waals surface area contributed by atoms with Gasteiger partial charge in [-0.1, -0.05) is 19.1 Å². The Balaban J connectivity index is 1.94. The summed E-state index contributed by atoms with van der Waals surface area (Å²) in [5.74, 6) is -0.0265. The van der Waals surface area contributed by atoms with Gasteiger partial charge < -0.3 is 15.6 Å². The normalized spacial score (nSPS) is 10.7. The highest BCUT2D eigenvalue weighted by Gasteiger charge is 2.09. The monoisotopic (exact) mass is 245 g/mol. The van der Waals surface area contributed by atoms with Crippen molar-refractivity contribution in [2.75, 3.05) is 19.6 Å². The number of para-hydroxylation sites is 1. The topological polar surface area (TPSA) is 56.9 Å². The Labute approximate surface area is 107 Å². The number of hydrogen-bond donors (Lipinski definition) is 3. The molecule has 2 rings (SSSR count). The molecular weight excluding hydrogens is 226 g/mol. The van der Waals surface area contributed by atoms with Crippen LogP contribution in [0.4, 0.5) is 0 Å². The van der Waals surface area contributed by atoms with E-state index in [2.05, 4.69) is 22.5 Å². The number of carbonyl (C=O) groups is 1. The number of amides is 1. The van der Waals surface area contributed by atoms with Crippen LogP contribution in [0.25, 0.3) is 10.9 Å². The van der Waals surface area contributed by atoms with Crippen LogP contribution in [0, 0.1) is 0 Å². The Bertz CT molecular complexity index is 518. The maximum absolute atomic E-state index is 12.0. The number of carbonyl (C=O) groups excluding carboxylic acids is 1. The first-order chi connectivity index (χ1) is 8.83. The number of rotatable bonds is 6. The summed E-state index contributed by atoms with van der Waals surface area (Å²) in [6, 6.07) is 7.70. The summed E-state index contributed by atoms with van der Waals surface area (Å²) >= 11 is 0. The van der Waals surface area contributed by atoms with E-state index in [-0.39, 0.29) is 5.91 Å². The van der Waals surface area contributed by atoms with E-state index in [4.69, 9.17) is 0 Å². The summed E-state index contributed by atoms with van der Waals surface area (Å²) in [4.78, 5) is 15.1. The van der Waals surface area contributed by atoms with Crippen molar-refractivity contribution in [2.24, 2.45) is 0 Å². The largest absolute Gasteiger partial charge is 0.361 e. The fourth-order valence-electron chi connectivity index (χ4n) is 1.94. The van der Waals surface area contributed by atoms with Crippen LogP contribution in [0.15, 0.2) is 30.5 Å². The van der Waals surface area contributed by atoms with Crippen molar-refractivity contribution < 1.29 is 4.79 Å². The van der Waals surface area contributed by atoms with Crippen LogP contribution in [0.3, 0.4) is 0 Å². The van der Waals surface area contributed by atoms with E-state index in [0.29, 0.717) is 12.1 Å². The lowest BCUT2D eigenvalue weighted by Gasteiger charge is -2.07. The van der Waals surface area contributed by atoms with Gasteiger partial charge in [0.1, 0.15) is 0 Å². The SMILES string of the molecule is CCCNCCNC(=O)c1cccc2cc[nH]c12. The fraction of sp³-hybridized carbons (Fsp3) is 0.357. The number of benzene rings is 1. The van der Waals surface area contributed by atoms with E-state index in [9.17, 15) is 4.79 Å². The molecule has 1 amide bonds. The van der Waals surface area contributed by atoms with Crippen molar-refractivity contribution in [1.29, 1.82) is 0 Å². The van der Waals surface area contributed by atoms with Gasteiger partial charge in [-0.05, 0) is 25.1 Å². The minimum atomic E-state index is -0.0265. The third kappa shape index (κ3) is 2.90. The molecule has 4 heteroatoms. The molecule has 18 heavy (non-hydrogen) atoms. The van der Waals surface area contributed by atoms with E-state index in [1.165, 1.54) is 0 Å². The fourth-order valence-corrected chi connectivity index (χ4v) is 1.94. The third-order valence-corrected chi connectivity index (χ3v) is 2.85. The van der Waals surface area contributed by atoms with Crippen molar-refractivity contribution in [3.05, 3.63) is 36.0 Å². The molecule has 0 saturated heterocycles. The second-order valence-electron chi connectivity index (χ2n) is 4.25. The molecule has 0 aliphatic carbocycles. The molecule has 1 aromatic carbocycles. The van der Waals surface area contributed by atoms with Crippen molar-refractivity contribution in [2.45, 2.75) is 13.3 Å². The van der Waals surface area contributed by atoms with Crippen LogP contribution in [-0.4, -0.2) is 30.5 Å². The Morgan fingerprint density at radius 3 is 2.94 bits per heavy atom. The molecule has 2 aromatic rings. The van der Waals surface area contributed by atoms with E-state index in [1.54, 1.807) is 0 Å². The molecule has 0 radical (unpaired) electrons. The molecule has 0 aliphatic heterocycles. The molecule has 0 atom stereocenters. The zero-order valence-corrected chi connectivity index (χ0v) is 10.6. The minimum absolute atomic E-state index is 0.0265. The lowest BCUT2D eigenvalue weighted by Crippen LogP contribution is -2.32. The van der Waals surface area contributed by atoms with Gasteiger partial charge in [-0.3, -0.25) is 4.79 Å². The Kier molecular flexibility index (Phi) is 4.36. The number of hydrogen-bond acceptors (Lipinski definition) is 2. The quantitative estimate of drug-likeness (QED) is 0.681. The van der Waals surface area contributed by atoms with Crippen LogP contribution in [0.1, 0.15) is 23.7 Å². The standard InChI is InChI=1S/C14H19N3O/c1-2-7-15-9-10-17-14(18)12-5-3-4-11-6-8-16-13(11)12/h3-6,8,15-16H,2,7,9-10H2,1H3,(H,17,18). The van der Waals surface area contributed by atoms with E-state index < -0.39 is 0 Å². The van der Waals surface area contributed by atoms with Gasteiger partial charge in [-0.2, -0.15) is 0 Å². The van der Waals surface area contributed by atoms with Crippen LogP contribution in [0.5, 0.6) is 0 Å². The Morgan fingerprint density at radius 2 is 2.11 bits per heavy atom. The molecule has 0 saturated carbocycles. The lowest BCUT2D eigenvalue weighted by molar-refractivity contribution is 0.0955. The number of fused-ring (bicyclic) bond motifs is 1. The molecule has 0 unspecified atom stereocenters. The Hall–Kier alpha value is -1.81. The van der Waals surface area contributed by atoms with E-state index >= 15 is 0 Å². The zero-order valence-electron chi connectivity index (χ0n) is 10.6. The molecule has 0 bridgehead atoms. The molecule has 0 fully saturated rings. The first-order valence-electron chi connectivity index (χ1n) is 6.38. The molecule has 96 valence electrons. The summed E-state index contributed by atoms with van der Waals surface area (Å²) in [5.41, 5.74) is 1.60. The summed E-state index contributed by atoms with van der Waals surface area (Å²) in [5, 5.41) is 7.23. The third-order valence-electron chi connectivity index (χ3n) is 2.85. The molecule has 0 spiro atoms. The maximum atomic E-state index is 12.0. The second kappa shape index (κ2) is 6.21. The predicted octanol–water partition coefficient (Wildman–Crippen LogP) is 1.90. The van der Waals surface area contributed by atoms with Gasteiger partial charge in [0.15, 0.2) is 0 Å². The van der Waals surface area contributed by atoms with Crippen molar-refractivity contribution in [3.63, 3.8) is 0 Å². The number of H-pyrrole nitrogens is 1. The average molecular weight is 245 g/mol. The lowest BCUT2D eigenvalue weighted by atomic mass is 10.1. The van der Waals surface area contributed by atoms with Crippen LogP contribution >= 0.6 is 0 Å². The Morgan fingerprint density at radius 1 is 1.22 bits per heavy atom. The van der Waals surface area contributed by atoms with Gasteiger partial charge in [0.05, 0.1) is 11.1 Å². The van der Waals surface area contributed by atoms with Gasteiger partial charge in [-0.25, -0.2) is 0 Å². The van der Waals surface area contributed by atoms with Crippen LogP contribution < -0.4 is 10.6 Å². The predicted molar refractivity (Wildman–Crippen MR) is 73.8 cm³/mol. The molecule has 0 aliphatic rings. The van der Waals surface area contributed by atoms with E-state index in [1.807, 2.05) is 30.5 Å². The summed E-state index contributed by atoms with van der Waals surface area (Å²) in [6.45, 7) is 4.57. The highest BCUT2D eigenvalue weighted by Crippen LogP contribution is 2.16. The molecular formula is C14H19N3O. The molecule has 1 heterocycles. The van der Waals surface area contributed by atoms with Gasteiger partial charge >= 0.3 is 0 Å². The average Bonchev–Trinajstić information content (AvgIpc) is 2.86. The van der Waals surface area contributed by atoms with Crippen LogP contribution in [-0.2, 0) is 0 Å². The highest BCUT2D eigenvalue weighted by atomic mass is 16.1. The first kappa shape index (κ1) is 12.6. The van der Waals surface area contributed by atoms with Gasteiger partial charge in [0.2, 0.25) is 0 Å². The summed E-state index contributed by atoms with van der Waals surface area (Å²) in [6.07, 6.45) is 2.96. The first-order valence-corrected chi connectivity index (χ1v) is 6.38. The number of aromatic amines is 1. The van der Waals surface area contributed by atoms with E-state index in [0.717, 1.165) is 30.4 Å². The van der Waals surface area contributed by atoms with Crippen molar-refractivity contribution in [3.8, 4) is 0 Å². The number of aromatic nitrogens is 1. The van der Waals surface area contributed by atoms with Gasteiger partial charge in [0, 0.05) is 24.7 Å². The van der Waals surface area contributed by atoms with Crippen molar-refractivity contribution in [1.82, 2.24) is 15.6 Å². The smallest absolute Gasteiger partial charge is 0.253 e. The molecule has 3 N–H and O–H groups in total. The second-order valence-corrected chi connectivity index (χ2v) is 4.25. The summed E-state index contributed by atoms with van der Waals surface area (Å²) in [7, 11) is 0. The maximum Gasteiger partial charge on any atom is 0.253 e. The van der Waals surface area contributed by atoms with Crippen LogP contribution in [0.2, 0.25) is 0 Å². The van der Waals surface area contributed by atoms with Gasteiger partial charge in [-0.15, -0.1) is 0 Å². The highest BCUT2D eigenvalue weighted by molar-refractivity contribution is 6.05. The van der Waals surface area contributed by atoms with Crippen molar-refractivity contribution >= 4 is 16.8 Å². The molecule has 4 nitrogen and oxygen atoms in total. The number of nitrogens with one attached hydrogen (secondary N) is 3.